The minimum Gasteiger partial charge on any atom is -0.493 e. The van der Waals surface area contributed by atoms with Crippen molar-refractivity contribution in [3.05, 3.63) is 28.5 Å². The van der Waals surface area contributed by atoms with Crippen LogP contribution in [0.5, 0.6) is 5.75 Å². The molecule has 14 heavy (non-hydrogen) atoms. The molecule has 2 aromatic rings. The van der Waals surface area contributed by atoms with Crippen LogP contribution in [0, 0.1) is 3.57 Å². The molecule has 72 valence electrons. The van der Waals surface area contributed by atoms with Gasteiger partial charge in [0.25, 0.3) is 0 Å². The normalized spacial score (nSPS) is 10.1. The van der Waals surface area contributed by atoms with E-state index < -0.39 is 0 Å². The number of halogens is 1. The van der Waals surface area contributed by atoms with Gasteiger partial charge < -0.3 is 4.74 Å². The number of aromatic nitrogens is 4. The minimum absolute atomic E-state index is 0.708. The summed E-state index contributed by atoms with van der Waals surface area (Å²) in [6.07, 6.45) is 6.63. The highest BCUT2D eigenvalue weighted by molar-refractivity contribution is 14.1. The average molecular weight is 302 g/mol. The first kappa shape index (κ1) is 9.38. The third kappa shape index (κ3) is 1.69. The quantitative estimate of drug-likeness (QED) is 0.784. The fraction of sp³-hybridized carbons (Fsp3) is 0.125. The lowest BCUT2D eigenvalue weighted by Crippen LogP contribution is -2.00. The Morgan fingerprint density at radius 1 is 1.43 bits per heavy atom. The van der Waals surface area contributed by atoms with E-state index in [0.717, 1.165) is 9.39 Å². The molecule has 0 spiro atoms. The predicted molar refractivity (Wildman–Crippen MR) is 58.4 cm³/mol. The van der Waals surface area contributed by atoms with Gasteiger partial charge in [-0.05, 0) is 22.6 Å². The second kappa shape index (κ2) is 3.91. The van der Waals surface area contributed by atoms with Crippen molar-refractivity contribution in [2.75, 3.05) is 7.11 Å². The Morgan fingerprint density at radius 3 is 2.93 bits per heavy atom. The number of methoxy groups -OCH3 is 1. The summed E-state index contributed by atoms with van der Waals surface area (Å²) in [4.78, 5) is 8.03. The van der Waals surface area contributed by atoms with Crippen molar-refractivity contribution in [2.45, 2.75) is 0 Å². The number of hydrogen-bond donors (Lipinski definition) is 0. The molecule has 0 bridgehead atoms. The molecule has 0 aliphatic heterocycles. The van der Waals surface area contributed by atoms with Crippen LogP contribution in [-0.4, -0.2) is 26.9 Å². The fourth-order valence-corrected chi connectivity index (χ4v) is 1.55. The summed E-state index contributed by atoms with van der Waals surface area (Å²) >= 11 is 2.16. The molecule has 2 heterocycles. The lowest BCUT2D eigenvalue weighted by atomic mass is 10.6. The van der Waals surface area contributed by atoms with Gasteiger partial charge >= 0.3 is 0 Å². The Hall–Kier alpha value is -1.18. The molecule has 2 aromatic heterocycles. The van der Waals surface area contributed by atoms with Crippen LogP contribution in [0.1, 0.15) is 0 Å². The average Bonchev–Trinajstić information content (AvgIpc) is 2.67. The maximum atomic E-state index is 5.03. The Morgan fingerprint density at radius 2 is 2.29 bits per heavy atom. The lowest BCUT2D eigenvalue weighted by molar-refractivity contribution is 0.414. The molecule has 0 radical (unpaired) electrons. The van der Waals surface area contributed by atoms with Crippen molar-refractivity contribution < 1.29 is 4.74 Å². The highest BCUT2D eigenvalue weighted by Gasteiger charge is 2.05. The van der Waals surface area contributed by atoms with Gasteiger partial charge in [-0.2, -0.15) is 5.10 Å². The van der Waals surface area contributed by atoms with Gasteiger partial charge in [-0.15, -0.1) is 0 Å². The molecule has 6 heteroatoms. The lowest BCUT2D eigenvalue weighted by Gasteiger charge is -2.00. The maximum absolute atomic E-state index is 5.03. The molecule has 0 saturated carbocycles. The van der Waals surface area contributed by atoms with Crippen LogP contribution < -0.4 is 4.74 Å². The molecule has 0 saturated heterocycles. The van der Waals surface area contributed by atoms with Crippen molar-refractivity contribution >= 4 is 22.6 Å². The second-order valence-corrected chi connectivity index (χ2v) is 3.68. The van der Waals surface area contributed by atoms with Gasteiger partial charge in [0.15, 0.2) is 11.6 Å². The summed E-state index contributed by atoms with van der Waals surface area (Å²) in [5.74, 6) is 1.46. The molecule has 0 fully saturated rings. The van der Waals surface area contributed by atoms with Crippen molar-refractivity contribution in [3.8, 4) is 11.6 Å². The largest absolute Gasteiger partial charge is 0.493 e. The standard InChI is InChI=1S/C8H7IN4O/c1-14-6-2-12-13(4-6)8-7(9)3-10-5-11-8/h2-5H,1H3. The summed E-state index contributed by atoms with van der Waals surface area (Å²) < 4.78 is 7.62. The van der Waals surface area contributed by atoms with E-state index in [1.807, 2.05) is 0 Å². The van der Waals surface area contributed by atoms with Crippen LogP contribution in [0.15, 0.2) is 24.9 Å². The number of rotatable bonds is 2. The zero-order valence-corrected chi connectivity index (χ0v) is 9.54. The molecule has 5 nitrogen and oxygen atoms in total. The molecule has 0 N–H and O–H groups in total. The Bertz CT molecular complexity index is 442. The Labute approximate surface area is 94.3 Å². The second-order valence-electron chi connectivity index (χ2n) is 2.52. The summed E-state index contributed by atoms with van der Waals surface area (Å²) in [5, 5.41) is 4.11. The SMILES string of the molecule is COc1cnn(-c2ncncc2I)c1. The highest BCUT2D eigenvalue weighted by atomic mass is 127. The molecule has 0 aliphatic carbocycles. The molecular formula is C8H7IN4O. The van der Waals surface area contributed by atoms with Gasteiger partial charge in [-0.3, -0.25) is 0 Å². The number of hydrogen-bond acceptors (Lipinski definition) is 4. The smallest absolute Gasteiger partial charge is 0.170 e. The molecular weight excluding hydrogens is 295 g/mol. The number of ether oxygens (including phenoxy) is 1. The predicted octanol–water partition coefficient (Wildman–Crippen LogP) is 1.28. The number of nitrogens with zero attached hydrogens (tertiary/aromatic N) is 4. The van der Waals surface area contributed by atoms with E-state index in [9.17, 15) is 0 Å². The van der Waals surface area contributed by atoms with E-state index in [0.29, 0.717) is 5.75 Å². The van der Waals surface area contributed by atoms with E-state index in [-0.39, 0.29) is 0 Å². The van der Waals surface area contributed by atoms with E-state index in [1.54, 1.807) is 30.4 Å². The summed E-state index contributed by atoms with van der Waals surface area (Å²) in [6, 6.07) is 0. The first-order valence-electron chi connectivity index (χ1n) is 3.86. The van der Waals surface area contributed by atoms with E-state index in [4.69, 9.17) is 4.74 Å². The summed E-state index contributed by atoms with van der Waals surface area (Å²) in [7, 11) is 1.60. The third-order valence-electron chi connectivity index (χ3n) is 1.66. The maximum Gasteiger partial charge on any atom is 0.170 e. The van der Waals surface area contributed by atoms with Crippen LogP contribution in [0.2, 0.25) is 0 Å². The first-order chi connectivity index (χ1) is 6.81. The topological polar surface area (TPSA) is 52.8 Å². The Kier molecular flexibility index (Phi) is 2.62. The van der Waals surface area contributed by atoms with Gasteiger partial charge in [0.1, 0.15) is 6.33 Å². The molecule has 0 atom stereocenters. The Balaban J connectivity index is 2.44. The van der Waals surface area contributed by atoms with Crippen molar-refractivity contribution in [2.24, 2.45) is 0 Å². The van der Waals surface area contributed by atoms with Gasteiger partial charge in [-0.1, -0.05) is 0 Å². The molecule has 2 rings (SSSR count). The van der Waals surface area contributed by atoms with Crippen LogP contribution in [-0.2, 0) is 0 Å². The molecule has 0 amide bonds. The summed E-state index contributed by atoms with van der Waals surface area (Å²) in [6.45, 7) is 0. The monoisotopic (exact) mass is 302 g/mol. The van der Waals surface area contributed by atoms with Gasteiger partial charge in [0, 0.05) is 6.20 Å². The fourth-order valence-electron chi connectivity index (χ4n) is 1.00. The van der Waals surface area contributed by atoms with Crippen LogP contribution >= 0.6 is 22.6 Å². The highest BCUT2D eigenvalue weighted by Crippen LogP contribution is 2.15. The molecule has 0 aliphatic rings. The van der Waals surface area contributed by atoms with Crippen LogP contribution in [0.3, 0.4) is 0 Å². The first-order valence-corrected chi connectivity index (χ1v) is 4.93. The van der Waals surface area contributed by atoms with E-state index in [2.05, 4.69) is 37.7 Å². The van der Waals surface area contributed by atoms with Crippen molar-refractivity contribution in [1.29, 1.82) is 0 Å². The van der Waals surface area contributed by atoms with Gasteiger partial charge in [0.2, 0.25) is 0 Å². The zero-order valence-electron chi connectivity index (χ0n) is 7.38. The van der Waals surface area contributed by atoms with E-state index in [1.165, 1.54) is 6.33 Å². The van der Waals surface area contributed by atoms with Crippen LogP contribution in [0.4, 0.5) is 0 Å². The van der Waals surface area contributed by atoms with Crippen molar-refractivity contribution in [3.63, 3.8) is 0 Å². The minimum atomic E-state index is 0.708. The van der Waals surface area contributed by atoms with Gasteiger partial charge in [0.05, 0.1) is 23.1 Å². The summed E-state index contributed by atoms with van der Waals surface area (Å²) in [5.41, 5.74) is 0. The zero-order chi connectivity index (χ0) is 9.97. The van der Waals surface area contributed by atoms with E-state index >= 15 is 0 Å². The van der Waals surface area contributed by atoms with Crippen molar-refractivity contribution in [1.82, 2.24) is 19.7 Å². The molecule has 0 unspecified atom stereocenters. The van der Waals surface area contributed by atoms with Gasteiger partial charge in [-0.25, -0.2) is 14.6 Å². The third-order valence-corrected chi connectivity index (χ3v) is 2.42. The molecule has 0 aromatic carbocycles. The van der Waals surface area contributed by atoms with Crippen LogP contribution in [0.25, 0.3) is 5.82 Å².